The van der Waals surface area contributed by atoms with E-state index in [4.69, 9.17) is 6.42 Å². The van der Waals surface area contributed by atoms with E-state index < -0.39 is 0 Å². The number of nitrogens with one attached hydrogen (secondary N) is 1. The van der Waals surface area contributed by atoms with Gasteiger partial charge in [-0.1, -0.05) is 48.4 Å². The van der Waals surface area contributed by atoms with Crippen molar-refractivity contribution in [2.24, 2.45) is 0 Å². The molecule has 1 fully saturated rings. The summed E-state index contributed by atoms with van der Waals surface area (Å²) in [6.07, 6.45) is 7.94. The molecule has 0 bridgehead atoms. The molecule has 0 radical (unpaired) electrons. The highest BCUT2D eigenvalue weighted by atomic mass is 14.9. The van der Waals surface area contributed by atoms with Crippen LogP contribution in [0.4, 0.5) is 0 Å². The Bertz CT molecular complexity index is 600. The van der Waals surface area contributed by atoms with Crippen LogP contribution in [0.5, 0.6) is 0 Å². The molecule has 1 aliphatic rings. The van der Waals surface area contributed by atoms with Gasteiger partial charge in [-0.25, -0.2) is 0 Å². The Morgan fingerprint density at radius 3 is 2.30 bits per heavy atom. The van der Waals surface area contributed by atoms with Crippen LogP contribution in [-0.4, -0.2) is 6.54 Å². The second-order valence-electron chi connectivity index (χ2n) is 5.59. The van der Waals surface area contributed by atoms with Crippen LogP contribution in [0.3, 0.4) is 0 Å². The second-order valence-corrected chi connectivity index (χ2v) is 5.59. The number of hydrogen-bond donors (Lipinski definition) is 1. The Labute approximate surface area is 121 Å². The lowest BCUT2D eigenvalue weighted by molar-refractivity contribution is 0.574. The van der Waals surface area contributed by atoms with Gasteiger partial charge in [-0.15, -0.1) is 6.42 Å². The van der Waals surface area contributed by atoms with Crippen molar-refractivity contribution >= 4 is 0 Å². The molecule has 1 nitrogen and oxygen atoms in total. The smallest absolute Gasteiger partial charge is 0.0242 e. The van der Waals surface area contributed by atoms with Crippen molar-refractivity contribution < 1.29 is 0 Å². The summed E-state index contributed by atoms with van der Waals surface area (Å²) < 4.78 is 0. The Hall–Kier alpha value is -2.04. The maximum atomic E-state index is 5.41. The van der Waals surface area contributed by atoms with Crippen LogP contribution in [0.1, 0.15) is 29.5 Å². The van der Waals surface area contributed by atoms with Crippen LogP contribution in [0.15, 0.2) is 54.6 Å². The van der Waals surface area contributed by atoms with Crippen molar-refractivity contribution in [1.82, 2.24) is 5.32 Å². The van der Waals surface area contributed by atoms with E-state index >= 15 is 0 Å². The van der Waals surface area contributed by atoms with Crippen LogP contribution in [0, 0.1) is 12.3 Å². The second kappa shape index (κ2) is 5.53. The highest BCUT2D eigenvalue weighted by Crippen LogP contribution is 2.47. The molecule has 0 heterocycles. The molecule has 0 aromatic heterocycles. The Morgan fingerprint density at radius 1 is 1.00 bits per heavy atom. The standard InChI is InChI=1S/C19H19N/c1-2-16-8-10-18(11-9-16)19(12-13-19)15-20-14-17-6-4-3-5-7-17/h1,3-11,20H,12-15H2. The molecule has 0 saturated heterocycles. The van der Waals surface area contributed by atoms with E-state index in [0.717, 1.165) is 18.7 Å². The van der Waals surface area contributed by atoms with E-state index in [1.165, 1.54) is 24.0 Å². The Kier molecular flexibility index (Phi) is 3.58. The van der Waals surface area contributed by atoms with Crippen LogP contribution in [-0.2, 0) is 12.0 Å². The molecule has 100 valence electrons. The molecule has 0 aliphatic heterocycles. The summed E-state index contributed by atoms with van der Waals surface area (Å²) in [5, 5.41) is 3.59. The minimum absolute atomic E-state index is 0.335. The highest BCUT2D eigenvalue weighted by molar-refractivity contribution is 5.39. The average Bonchev–Trinajstić information content (AvgIpc) is 3.30. The topological polar surface area (TPSA) is 12.0 Å². The molecule has 1 saturated carbocycles. The molecule has 2 aromatic carbocycles. The first-order valence-electron chi connectivity index (χ1n) is 7.14. The first kappa shape index (κ1) is 13.0. The minimum atomic E-state index is 0.335. The molecule has 20 heavy (non-hydrogen) atoms. The fourth-order valence-electron chi connectivity index (χ4n) is 2.68. The van der Waals surface area contributed by atoms with Crippen LogP contribution < -0.4 is 5.32 Å². The van der Waals surface area contributed by atoms with Gasteiger partial charge in [0.05, 0.1) is 0 Å². The molecular formula is C19H19N. The van der Waals surface area contributed by atoms with Crippen molar-refractivity contribution in [2.75, 3.05) is 6.54 Å². The van der Waals surface area contributed by atoms with E-state index in [1.807, 2.05) is 12.1 Å². The zero-order valence-electron chi connectivity index (χ0n) is 11.6. The fourth-order valence-corrected chi connectivity index (χ4v) is 2.68. The summed E-state index contributed by atoms with van der Waals surface area (Å²) in [5.41, 5.74) is 4.05. The van der Waals surface area contributed by atoms with Gasteiger partial charge in [0, 0.05) is 24.1 Å². The van der Waals surface area contributed by atoms with Gasteiger partial charge in [0.2, 0.25) is 0 Å². The summed E-state index contributed by atoms with van der Waals surface area (Å²) in [7, 11) is 0. The van der Waals surface area contributed by atoms with Gasteiger partial charge < -0.3 is 5.32 Å². The van der Waals surface area contributed by atoms with E-state index in [0.29, 0.717) is 5.41 Å². The van der Waals surface area contributed by atoms with Crippen molar-refractivity contribution in [3.8, 4) is 12.3 Å². The van der Waals surface area contributed by atoms with E-state index in [1.54, 1.807) is 0 Å². The van der Waals surface area contributed by atoms with E-state index in [-0.39, 0.29) is 0 Å². The summed E-state index contributed by atoms with van der Waals surface area (Å²) in [6.45, 7) is 1.97. The van der Waals surface area contributed by atoms with E-state index in [9.17, 15) is 0 Å². The molecule has 2 aromatic rings. The largest absolute Gasteiger partial charge is 0.312 e. The number of hydrogen-bond acceptors (Lipinski definition) is 1. The van der Waals surface area contributed by atoms with Crippen LogP contribution >= 0.6 is 0 Å². The first-order valence-corrected chi connectivity index (χ1v) is 7.14. The molecule has 1 aliphatic carbocycles. The molecule has 0 atom stereocenters. The zero-order valence-corrected chi connectivity index (χ0v) is 11.6. The maximum absolute atomic E-state index is 5.41. The molecule has 1 heteroatoms. The molecule has 0 unspecified atom stereocenters. The van der Waals surface area contributed by atoms with Gasteiger partial charge in [-0.3, -0.25) is 0 Å². The number of rotatable bonds is 5. The lowest BCUT2D eigenvalue weighted by Gasteiger charge is -2.17. The maximum Gasteiger partial charge on any atom is 0.0242 e. The summed E-state index contributed by atoms with van der Waals surface area (Å²) in [5.74, 6) is 2.68. The molecule has 0 spiro atoms. The predicted octanol–water partition coefficient (Wildman–Crippen LogP) is 3.49. The quantitative estimate of drug-likeness (QED) is 0.812. The number of terminal acetylenes is 1. The SMILES string of the molecule is C#Cc1ccc(C2(CNCc3ccccc3)CC2)cc1. The zero-order chi connectivity index (χ0) is 13.8. The Morgan fingerprint density at radius 2 is 1.70 bits per heavy atom. The monoisotopic (exact) mass is 261 g/mol. The summed E-state index contributed by atoms with van der Waals surface area (Å²) in [4.78, 5) is 0. The molecular weight excluding hydrogens is 242 g/mol. The van der Waals surface area contributed by atoms with Gasteiger partial charge in [0.1, 0.15) is 0 Å². The lowest BCUT2D eigenvalue weighted by Crippen LogP contribution is -2.26. The predicted molar refractivity (Wildman–Crippen MR) is 83.4 cm³/mol. The summed E-state index contributed by atoms with van der Waals surface area (Å²) >= 11 is 0. The fraction of sp³-hybridized carbons (Fsp3) is 0.263. The van der Waals surface area contributed by atoms with Gasteiger partial charge >= 0.3 is 0 Å². The van der Waals surface area contributed by atoms with Crippen molar-refractivity contribution in [3.05, 3.63) is 71.3 Å². The number of benzene rings is 2. The normalized spacial score (nSPS) is 15.6. The lowest BCUT2D eigenvalue weighted by atomic mass is 9.95. The van der Waals surface area contributed by atoms with Crippen molar-refractivity contribution in [1.29, 1.82) is 0 Å². The van der Waals surface area contributed by atoms with E-state index in [2.05, 4.69) is 53.7 Å². The summed E-state index contributed by atoms with van der Waals surface area (Å²) in [6, 6.07) is 19.0. The third kappa shape index (κ3) is 2.76. The Balaban J connectivity index is 1.60. The molecule has 1 N–H and O–H groups in total. The average molecular weight is 261 g/mol. The third-order valence-electron chi connectivity index (χ3n) is 4.15. The van der Waals surface area contributed by atoms with Crippen LogP contribution in [0.2, 0.25) is 0 Å². The molecule has 0 amide bonds. The van der Waals surface area contributed by atoms with Gasteiger partial charge in [-0.05, 0) is 36.1 Å². The highest BCUT2D eigenvalue weighted by Gasteiger charge is 2.43. The van der Waals surface area contributed by atoms with Gasteiger partial charge in [0.15, 0.2) is 0 Å². The van der Waals surface area contributed by atoms with Crippen molar-refractivity contribution in [2.45, 2.75) is 24.8 Å². The van der Waals surface area contributed by atoms with Gasteiger partial charge in [0.25, 0.3) is 0 Å². The van der Waals surface area contributed by atoms with Crippen molar-refractivity contribution in [3.63, 3.8) is 0 Å². The molecule has 3 rings (SSSR count). The minimum Gasteiger partial charge on any atom is -0.312 e. The van der Waals surface area contributed by atoms with Gasteiger partial charge in [-0.2, -0.15) is 0 Å². The third-order valence-corrected chi connectivity index (χ3v) is 4.15. The first-order chi connectivity index (χ1) is 9.82. The van der Waals surface area contributed by atoms with Crippen LogP contribution in [0.25, 0.3) is 0 Å².